The molecule has 2 heterocycles. The van der Waals surface area contributed by atoms with Gasteiger partial charge in [0.15, 0.2) is 0 Å². The Kier molecular flexibility index (Phi) is 4.07. The summed E-state index contributed by atoms with van der Waals surface area (Å²) in [6, 6.07) is 0.770. The van der Waals surface area contributed by atoms with Crippen molar-refractivity contribution in [1.29, 1.82) is 0 Å². The van der Waals surface area contributed by atoms with Gasteiger partial charge in [-0.05, 0) is 44.4 Å². The maximum Gasteiger partial charge on any atom is 0.0463 e. The molecule has 0 spiro atoms. The standard InChI is InChI=1S/C13H20N2.H2/c1-4-10-15(11-5-1)12-6-8-13-7-2-3-9-14-13;/h1,4,10-11,13-14H,2-3,6-9,12H2;1H. The second-order valence-electron chi connectivity index (χ2n) is 4.33. The van der Waals surface area contributed by atoms with Crippen LogP contribution in [0.2, 0.25) is 0 Å². The van der Waals surface area contributed by atoms with Gasteiger partial charge in [-0.25, -0.2) is 0 Å². The Labute approximate surface area is 93.8 Å². The molecule has 2 aliphatic heterocycles. The average molecular weight is 206 g/mol. The molecular weight excluding hydrogens is 184 g/mol. The fourth-order valence-corrected chi connectivity index (χ4v) is 2.22. The van der Waals surface area contributed by atoms with E-state index in [-0.39, 0.29) is 1.43 Å². The summed E-state index contributed by atoms with van der Waals surface area (Å²) in [7, 11) is 0. The van der Waals surface area contributed by atoms with Gasteiger partial charge in [-0.2, -0.15) is 0 Å². The summed E-state index contributed by atoms with van der Waals surface area (Å²) in [6.07, 6.45) is 14.8. The third-order valence-electron chi connectivity index (χ3n) is 3.09. The highest BCUT2D eigenvalue weighted by molar-refractivity contribution is 5.08. The highest BCUT2D eigenvalue weighted by Gasteiger charge is 2.11. The summed E-state index contributed by atoms with van der Waals surface area (Å²) in [5, 5.41) is 3.59. The molecule has 2 heteroatoms. The SMILES string of the molecule is C1=CC=CN(CCCC2CCCCN2)C=1.[HH]. The minimum Gasteiger partial charge on any atom is -0.348 e. The van der Waals surface area contributed by atoms with Crippen molar-refractivity contribution in [2.45, 2.75) is 38.1 Å². The second-order valence-corrected chi connectivity index (χ2v) is 4.33. The van der Waals surface area contributed by atoms with E-state index in [0.29, 0.717) is 0 Å². The highest BCUT2D eigenvalue weighted by Crippen LogP contribution is 2.12. The van der Waals surface area contributed by atoms with Gasteiger partial charge in [0.2, 0.25) is 0 Å². The maximum atomic E-state index is 3.59. The summed E-state index contributed by atoms with van der Waals surface area (Å²) in [5.74, 6) is 0. The van der Waals surface area contributed by atoms with Crippen molar-refractivity contribution in [3.05, 3.63) is 30.3 Å². The lowest BCUT2D eigenvalue weighted by atomic mass is 10.0. The van der Waals surface area contributed by atoms with E-state index >= 15 is 0 Å². The first-order valence-corrected chi connectivity index (χ1v) is 6.04. The van der Waals surface area contributed by atoms with E-state index in [1.54, 1.807) is 0 Å². The molecule has 1 unspecified atom stereocenters. The first-order valence-electron chi connectivity index (χ1n) is 6.04. The Bertz CT molecular complexity index is 274. The fourth-order valence-electron chi connectivity index (χ4n) is 2.22. The molecule has 0 aromatic rings. The summed E-state index contributed by atoms with van der Waals surface area (Å²) in [6.45, 7) is 2.34. The molecule has 0 aromatic heterocycles. The third-order valence-corrected chi connectivity index (χ3v) is 3.09. The Hall–Kier alpha value is -0.980. The van der Waals surface area contributed by atoms with E-state index in [4.69, 9.17) is 0 Å². The van der Waals surface area contributed by atoms with E-state index < -0.39 is 0 Å². The van der Waals surface area contributed by atoms with Crippen LogP contribution < -0.4 is 5.32 Å². The molecule has 0 aliphatic carbocycles. The monoisotopic (exact) mass is 206 g/mol. The number of piperidine rings is 1. The molecule has 1 N–H and O–H groups in total. The molecule has 0 saturated carbocycles. The van der Waals surface area contributed by atoms with Gasteiger partial charge in [0.1, 0.15) is 0 Å². The van der Waals surface area contributed by atoms with E-state index in [9.17, 15) is 0 Å². The zero-order valence-electron chi connectivity index (χ0n) is 9.28. The van der Waals surface area contributed by atoms with Crippen molar-refractivity contribution in [2.75, 3.05) is 13.1 Å². The van der Waals surface area contributed by atoms with E-state index in [1.165, 1.54) is 38.6 Å². The Morgan fingerprint density at radius 1 is 1.47 bits per heavy atom. The van der Waals surface area contributed by atoms with Crippen molar-refractivity contribution < 1.29 is 1.43 Å². The van der Waals surface area contributed by atoms with Gasteiger partial charge >= 0.3 is 0 Å². The Morgan fingerprint density at radius 3 is 3.20 bits per heavy atom. The van der Waals surface area contributed by atoms with Crippen LogP contribution in [0.15, 0.2) is 30.3 Å². The van der Waals surface area contributed by atoms with Crippen molar-refractivity contribution in [1.82, 2.24) is 10.2 Å². The molecule has 2 nitrogen and oxygen atoms in total. The van der Waals surface area contributed by atoms with Crippen molar-refractivity contribution in [3.8, 4) is 0 Å². The van der Waals surface area contributed by atoms with Gasteiger partial charge in [0.25, 0.3) is 0 Å². The smallest absolute Gasteiger partial charge is 0.0463 e. The topological polar surface area (TPSA) is 15.3 Å². The van der Waals surface area contributed by atoms with Crippen LogP contribution in [0.3, 0.4) is 0 Å². The largest absolute Gasteiger partial charge is 0.348 e. The van der Waals surface area contributed by atoms with Crippen LogP contribution in [0.5, 0.6) is 0 Å². The van der Waals surface area contributed by atoms with Gasteiger partial charge < -0.3 is 10.2 Å². The first-order chi connectivity index (χ1) is 7.45. The molecule has 84 valence electrons. The normalized spacial score (nSPS) is 24.8. The zero-order chi connectivity index (χ0) is 10.3. The number of nitrogens with one attached hydrogen (secondary N) is 1. The molecular formula is C13H22N2. The van der Waals surface area contributed by atoms with Crippen LogP contribution in [-0.2, 0) is 0 Å². The van der Waals surface area contributed by atoms with Gasteiger partial charge in [0, 0.05) is 26.4 Å². The van der Waals surface area contributed by atoms with Crippen LogP contribution in [0.4, 0.5) is 0 Å². The van der Waals surface area contributed by atoms with Gasteiger partial charge in [-0.15, -0.1) is 5.73 Å². The van der Waals surface area contributed by atoms with Crippen LogP contribution in [0.1, 0.15) is 33.5 Å². The lowest BCUT2D eigenvalue weighted by Gasteiger charge is -2.24. The summed E-state index contributed by atoms with van der Waals surface area (Å²) in [5.41, 5.74) is 3.10. The highest BCUT2D eigenvalue weighted by atomic mass is 15.1. The average Bonchev–Trinajstić information content (AvgIpc) is 2.32. The minimum atomic E-state index is 0. The molecule has 2 aliphatic rings. The minimum absolute atomic E-state index is 0. The molecule has 0 radical (unpaired) electrons. The molecule has 0 aromatic carbocycles. The number of hydrogen-bond acceptors (Lipinski definition) is 2. The molecule has 1 atom stereocenters. The first kappa shape index (κ1) is 10.5. The number of nitrogens with zero attached hydrogens (tertiary/aromatic N) is 1. The molecule has 0 amide bonds. The van der Waals surface area contributed by atoms with Crippen LogP contribution in [0, 0.1) is 0 Å². The molecule has 1 fully saturated rings. The summed E-state index contributed by atoms with van der Waals surface area (Å²) in [4.78, 5) is 2.21. The quantitative estimate of drug-likeness (QED) is 0.711. The Balaban J connectivity index is 0.00000128. The number of allylic oxidation sites excluding steroid dienone is 2. The fraction of sp³-hybridized carbons (Fsp3) is 0.615. The number of hydrogen-bond donors (Lipinski definition) is 1. The van der Waals surface area contributed by atoms with Crippen LogP contribution in [0.25, 0.3) is 0 Å². The lowest BCUT2D eigenvalue weighted by molar-refractivity contribution is 0.359. The van der Waals surface area contributed by atoms with Crippen molar-refractivity contribution in [2.24, 2.45) is 0 Å². The zero-order valence-corrected chi connectivity index (χ0v) is 9.28. The van der Waals surface area contributed by atoms with Crippen LogP contribution >= 0.6 is 0 Å². The van der Waals surface area contributed by atoms with Crippen molar-refractivity contribution in [3.63, 3.8) is 0 Å². The molecule has 0 bridgehead atoms. The molecule has 1 saturated heterocycles. The molecule has 15 heavy (non-hydrogen) atoms. The predicted molar refractivity (Wildman–Crippen MR) is 65.5 cm³/mol. The van der Waals surface area contributed by atoms with Gasteiger partial charge in [0.05, 0.1) is 0 Å². The maximum absolute atomic E-state index is 3.59. The van der Waals surface area contributed by atoms with Crippen molar-refractivity contribution >= 4 is 0 Å². The number of rotatable bonds is 4. The summed E-state index contributed by atoms with van der Waals surface area (Å²) >= 11 is 0. The lowest BCUT2D eigenvalue weighted by Crippen LogP contribution is -2.34. The van der Waals surface area contributed by atoms with Gasteiger partial charge in [-0.3, -0.25) is 0 Å². The van der Waals surface area contributed by atoms with E-state index in [2.05, 4.69) is 22.1 Å². The third kappa shape index (κ3) is 3.58. The van der Waals surface area contributed by atoms with Gasteiger partial charge in [-0.1, -0.05) is 6.42 Å². The second kappa shape index (κ2) is 5.79. The molecule has 2 rings (SSSR count). The Morgan fingerprint density at radius 2 is 2.47 bits per heavy atom. The predicted octanol–water partition coefficient (Wildman–Crippen LogP) is 2.65. The van der Waals surface area contributed by atoms with E-state index in [0.717, 1.165) is 12.6 Å². The van der Waals surface area contributed by atoms with Crippen LogP contribution in [-0.4, -0.2) is 24.0 Å². The summed E-state index contributed by atoms with van der Waals surface area (Å²) < 4.78 is 0. The van der Waals surface area contributed by atoms with E-state index in [1.807, 2.05) is 18.4 Å².